The van der Waals surface area contributed by atoms with E-state index < -0.39 is 0 Å². The molecule has 2 N–H and O–H groups in total. The predicted molar refractivity (Wildman–Crippen MR) is 93.7 cm³/mol. The number of imidazole rings is 1. The van der Waals surface area contributed by atoms with Gasteiger partial charge in [0.25, 0.3) is 0 Å². The van der Waals surface area contributed by atoms with Gasteiger partial charge in [0.15, 0.2) is 0 Å². The molecule has 0 atom stereocenters. The molecule has 0 bridgehead atoms. The summed E-state index contributed by atoms with van der Waals surface area (Å²) in [4.78, 5) is 17.6. The molecular weight excluding hydrogens is 302 g/mol. The van der Waals surface area contributed by atoms with Crippen molar-refractivity contribution in [3.05, 3.63) is 64.8 Å². The zero-order chi connectivity index (χ0) is 16.5. The van der Waals surface area contributed by atoms with E-state index in [-0.39, 0.29) is 5.88 Å². The van der Waals surface area contributed by atoms with Gasteiger partial charge in [0, 0.05) is 12.7 Å². The van der Waals surface area contributed by atoms with Crippen molar-refractivity contribution in [2.75, 3.05) is 11.9 Å². The van der Waals surface area contributed by atoms with Gasteiger partial charge >= 0.3 is 0 Å². The number of nitrogens with zero attached hydrogens (tertiary/aromatic N) is 4. The molecule has 0 amide bonds. The summed E-state index contributed by atoms with van der Waals surface area (Å²) in [7, 11) is 1.89. The molecule has 0 spiro atoms. The minimum atomic E-state index is -0.0403. The SMILES string of the molecule is CN(c1ccccc1)c1nc(O)c(C=c2ccc3c(c2)N=CN=3)[nH]1. The molecule has 2 heterocycles. The number of para-hydroxylation sites is 1. The van der Waals surface area contributed by atoms with Crippen molar-refractivity contribution in [2.45, 2.75) is 0 Å². The number of aromatic nitrogens is 2. The lowest BCUT2D eigenvalue weighted by Gasteiger charge is -2.15. The van der Waals surface area contributed by atoms with Crippen LogP contribution >= 0.6 is 0 Å². The summed E-state index contributed by atoms with van der Waals surface area (Å²) in [5.74, 6) is 0.528. The molecule has 24 heavy (non-hydrogen) atoms. The van der Waals surface area contributed by atoms with Gasteiger partial charge in [-0.1, -0.05) is 24.3 Å². The van der Waals surface area contributed by atoms with Crippen LogP contribution in [0, 0.1) is 0 Å². The molecule has 6 nitrogen and oxygen atoms in total. The van der Waals surface area contributed by atoms with Crippen LogP contribution in [0.25, 0.3) is 6.08 Å². The van der Waals surface area contributed by atoms with E-state index in [4.69, 9.17) is 0 Å². The maximum Gasteiger partial charge on any atom is 0.238 e. The van der Waals surface area contributed by atoms with E-state index in [1.807, 2.05) is 66.6 Å². The fourth-order valence-electron chi connectivity index (χ4n) is 2.56. The van der Waals surface area contributed by atoms with Crippen LogP contribution in [0.2, 0.25) is 0 Å². The molecule has 0 aliphatic carbocycles. The third kappa shape index (κ3) is 2.54. The van der Waals surface area contributed by atoms with Gasteiger partial charge in [-0.15, -0.1) is 0 Å². The lowest BCUT2D eigenvalue weighted by Crippen LogP contribution is -2.11. The van der Waals surface area contributed by atoms with Crippen LogP contribution in [0.5, 0.6) is 5.88 Å². The quantitative estimate of drug-likeness (QED) is 0.776. The summed E-state index contributed by atoms with van der Waals surface area (Å²) in [6.45, 7) is 0. The number of aliphatic imine (C=N–C) groups is 1. The molecule has 4 rings (SSSR count). The second-order valence-corrected chi connectivity index (χ2v) is 5.46. The second kappa shape index (κ2) is 5.66. The Morgan fingerprint density at radius 2 is 1.96 bits per heavy atom. The number of hydrogen-bond acceptors (Lipinski definition) is 5. The molecule has 2 aromatic carbocycles. The first-order chi connectivity index (χ1) is 11.7. The van der Waals surface area contributed by atoms with Crippen molar-refractivity contribution in [3.8, 4) is 5.88 Å². The number of aromatic hydroxyl groups is 1. The second-order valence-electron chi connectivity index (χ2n) is 5.46. The summed E-state index contributed by atoms with van der Waals surface area (Å²) in [6.07, 6.45) is 3.37. The fourth-order valence-corrected chi connectivity index (χ4v) is 2.56. The van der Waals surface area contributed by atoms with Crippen LogP contribution in [0.15, 0.2) is 58.5 Å². The first kappa shape index (κ1) is 14.2. The average molecular weight is 317 g/mol. The van der Waals surface area contributed by atoms with E-state index in [1.165, 1.54) is 6.34 Å². The molecule has 0 saturated carbocycles. The zero-order valence-electron chi connectivity index (χ0n) is 13.0. The number of nitrogens with one attached hydrogen (secondary N) is 1. The van der Waals surface area contributed by atoms with E-state index in [1.54, 1.807) is 0 Å². The minimum absolute atomic E-state index is 0.0403. The van der Waals surface area contributed by atoms with Crippen molar-refractivity contribution in [3.63, 3.8) is 0 Å². The number of anilines is 2. The summed E-state index contributed by atoms with van der Waals surface area (Å²) in [5, 5.41) is 11.9. The van der Waals surface area contributed by atoms with Crippen LogP contribution in [-0.2, 0) is 0 Å². The van der Waals surface area contributed by atoms with Gasteiger partial charge in [-0.2, -0.15) is 4.98 Å². The van der Waals surface area contributed by atoms with Crippen molar-refractivity contribution in [1.29, 1.82) is 0 Å². The lowest BCUT2D eigenvalue weighted by atomic mass is 10.2. The standard InChI is InChI=1S/C18H15N5O/c1-23(13-5-3-2-4-6-13)18-21-16(17(24)22-18)10-12-7-8-14-15(9-12)20-11-19-14/h2-11,24H,1H3,(H,21,22). The van der Waals surface area contributed by atoms with E-state index in [2.05, 4.69) is 20.0 Å². The molecule has 1 aromatic heterocycles. The van der Waals surface area contributed by atoms with Gasteiger partial charge in [-0.3, -0.25) is 0 Å². The van der Waals surface area contributed by atoms with E-state index >= 15 is 0 Å². The molecule has 0 unspecified atom stereocenters. The summed E-state index contributed by atoms with van der Waals surface area (Å²) in [6, 6.07) is 15.6. The minimum Gasteiger partial charge on any atom is -0.492 e. The number of H-pyrrole nitrogens is 1. The fraction of sp³-hybridized carbons (Fsp3) is 0.0556. The topological polar surface area (TPSA) is 76.9 Å². The Labute approximate surface area is 138 Å². The highest BCUT2D eigenvalue weighted by atomic mass is 16.3. The van der Waals surface area contributed by atoms with Crippen LogP contribution in [0.3, 0.4) is 0 Å². The summed E-state index contributed by atoms with van der Waals surface area (Å²) < 4.78 is 0. The number of rotatable bonds is 3. The molecule has 118 valence electrons. The average Bonchev–Trinajstić information content (AvgIpc) is 3.21. The molecule has 6 heteroatoms. The third-order valence-corrected chi connectivity index (χ3v) is 3.86. The Hall–Kier alpha value is -3.41. The molecular formula is C18H15N5O. The van der Waals surface area contributed by atoms with Gasteiger partial charge in [-0.05, 0) is 35.6 Å². The molecule has 0 saturated heterocycles. The van der Waals surface area contributed by atoms with Crippen molar-refractivity contribution >= 4 is 29.7 Å². The lowest BCUT2D eigenvalue weighted by molar-refractivity contribution is 0.455. The highest BCUT2D eigenvalue weighted by Gasteiger charge is 2.12. The molecule has 1 aliphatic heterocycles. The van der Waals surface area contributed by atoms with Gasteiger partial charge < -0.3 is 15.0 Å². The molecule has 3 aromatic rings. The van der Waals surface area contributed by atoms with E-state index in [0.29, 0.717) is 11.6 Å². The first-order valence-corrected chi connectivity index (χ1v) is 7.50. The van der Waals surface area contributed by atoms with Crippen LogP contribution < -0.4 is 15.5 Å². The van der Waals surface area contributed by atoms with Crippen molar-refractivity contribution in [2.24, 2.45) is 9.98 Å². The van der Waals surface area contributed by atoms with Gasteiger partial charge in [-0.25, -0.2) is 9.98 Å². The Bertz CT molecular complexity index is 1040. The molecule has 0 radical (unpaired) electrons. The maximum absolute atomic E-state index is 10.1. The molecule has 0 fully saturated rings. The monoisotopic (exact) mass is 317 g/mol. The highest BCUT2D eigenvalue weighted by molar-refractivity contribution is 5.67. The number of fused-ring (bicyclic) bond motifs is 1. The largest absolute Gasteiger partial charge is 0.492 e. The van der Waals surface area contributed by atoms with E-state index in [9.17, 15) is 5.11 Å². The van der Waals surface area contributed by atoms with Crippen LogP contribution in [0.1, 0.15) is 5.69 Å². The van der Waals surface area contributed by atoms with Crippen LogP contribution in [-0.4, -0.2) is 28.5 Å². The Morgan fingerprint density at radius 3 is 2.79 bits per heavy atom. The normalized spacial score (nSPS) is 13.0. The Morgan fingerprint density at radius 1 is 1.12 bits per heavy atom. The van der Waals surface area contributed by atoms with Gasteiger partial charge in [0.2, 0.25) is 11.8 Å². The van der Waals surface area contributed by atoms with Gasteiger partial charge in [0.1, 0.15) is 12.0 Å². The summed E-state index contributed by atoms with van der Waals surface area (Å²) >= 11 is 0. The van der Waals surface area contributed by atoms with Crippen molar-refractivity contribution in [1.82, 2.24) is 9.97 Å². The third-order valence-electron chi connectivity index (χ3n) is 3.86. The first-order valence-electron chi connectivity index (χ1n) is 7.50. The van der Waals surface area contributed by atoms with Crippen molar-refractivity contribution < 1.29 is 5.11 Å². The highest BCUT2D eigenvalue weighted by Crippen LogP contribution is 2.24. The number of aromatic amines is 1. The van der Waals surface area contributed by atoms with E-state index in [0.717, 1.165) is 22.0 Å². The molecule has 1 aliphatic rings. The maximum atomic E-state index is 10.1. The smallest absolute Gasteiger partial charge is 0.238 e. The number of benzene rings is 2. The Kier molecular flexibility index (Phi) is 3.35. The summed E-state index contributed by atoms with van der Waals surface area (Å²) in [5.41, 5.74) is 2.35. The van der Waals surface area contributed by atoms with Gasteiger partial charge in [0.05, 0.1) is 11.0 Å². The predicted octanol–water partition coefficient (Wildman–Crippen LogP) is 2.00. The Balaban J connectivity index is 1.71. The van der Waals surface area contributed by atoms with Crippen LogP contribution in [0.4, 0.5) is 17.3 Å². The number of hydrogen-bond donors (Lipinski definition) is 2. The zero-order valence-corrected chi connectivity index (χ0v) is 13.0.